The zero-order valence-corrected chi connectivity index (χ0v) is 20.0. The van der Waals surface area contributed by atoms with Crippen molar-refractivity contribution in [2.75, 3.05) is 12.4 Å². The number of carbonyl (C=O) groups is 4. The zero-order chi connectivity index (χ0) is 25.1. The molecule has 0 radical (unpaired) electrons. The fraction of sp³-hybridized carbons (Fsp3) is 0.385. The molecule has 1 spiro atoms. The van der Waals surface area contributed by atoms with Gasteiger partial charge in [0.1, 0.15) is 23.6 Å². The van der Waals surface area contributed by atoms with E-state index in [9.17, 15) is 19.2 Å². The predicted octanol–water partition coefficient (Wildman–Crippen LogP) is 0.472. The Labute approximate surface area is 203 Å². The first-order valence-corrected chi connectivity index (χ1v) is 11.7. The monoisotopic (exact) mass is 477 g/mol. The molecule has 35 heavy (non-hydrogen) atoms. The van der Waals surface area contributed by atoms with Gasteiger partial charge in [-0.25, -0.2) is 0 Å². The van der Waals surface area contributed by atoms with Gasteiger partial charge in [-0.1, -0.05) is 18.2 Å². The molecule has 0 bridgehead atoms. The molecule has 5 N–H and O–H groups in total. The summed E-state index contributed by atoms with van der Waals surface area (Å²) in [4.78, 5) is 54.0. The van der Waals surface area contributed by atoms with E-state index in [1.54, 1.807) is 19.2 Å². The molecule has 5 rings (SSSR count). The zero-order valence-electron chi connectivity index (χ0n) is 20.0. The third-order valence-electron chi connectivity index (χ3n) is 7.89. The van der Waals surface area contributed by atoms with Gasteiger partial charge in [0.15, 0.2) is 0 Å². The average molecular weight is 478 g/mol. The van der Waals surface area contributed by atoms with Gasteiger partial charge in [0.2, 0.25) is 23.3 Å². The van der Waals surface area contributed by atoms with Gasteiger partial charge in [-0.2, -0.15) is 0 Å². The van der Waals surface area contributed by atoms with Gasteiger partial charge < -0.3 is 21.1 Å². The summed E-state index contributed by atoms with van der Waals surface area (Å²) in [7, 11) is 1.57. The standard InChI is InChI=1S/C26H28N4O5/c1-13-4-9-17-22(14(13)2)28-25(34)26(17)21-20(18(29-26)10-11-19(27)31)23(32)30(24(21)33)12-15-5-7-16(35-3)8-6-15/h4-9,18,20-21,29H,10-12H2,1-3H3,(H2,27,31)(H,28,34)/p+1/t18-,20-,21+,26+/m1/s1. The molecule has 0 saturated carbocycles. The summed E-state index contributed by atoms with van der Waals surface area (Å²) in [6, 6.07) is 10.6. The molecule has 2 saturated heterocycles. The number of benzene rings is 2. The number of imide groups is 1. The Hall–Kier alpha value is -3.72. The number of nitrogens with two attached hydrogens (primary N) is 2. The molecule has 4 atom stereocenters. The summed E-state index contributed by atoms with van der Waals surface area (Å²) in [6.45, 7) is 4.00. The lowest BCUT2D eigenvalue weighted by molar-refractivity contribution is -0.734. The molecule has 4 amide bonds. The van der Waals surface area contributed by atoms with Crippen LogP contribution in [0.3, 0.4) is 0 Å². The van der Waals surface area contributed by atoms with Crippen LogP contribution in [0, 0.1) is 25.7 Å². The van der Waals surface area contributed by atoms with E-state index in [1.807, 2.05) is 43.4 Å². The maximum absolute atomic E-state index is 13.9. The third-order valence-corrected chi connectivity index (χ3v) is 7.89. The topological polar surface area (TPSA) is 135 Å². The van der Waals surface area contributed by atoms with Crippen molar-refractivity contribution in [1.82, 2.24) is 4.90 Å². The molecule has 9 nitrogen and oxygen atoms in total. The molecule has 3 heterocycles. The van der Waals surface area contributed by atoms with Crippen molar-refractivity contribution in [1.29, 1.82) is 0 Å². The maximum atomic E-state index is 13.9. The maximum Gasteiger partial charge on any atom is 0.291 e. The van der Waals surface area contributed by atoms with Gasteiger partial charge in [-0.15, -0.1) is 0 Å². The van der Waals surface area contributed by atoms with Crippen LogP contribution in [-0.2, 0) is 31.3 Å². The number of likely N-dealkylation sites (tertiary alicyclic amines) is 1. The lowest BCUT2D eigenvalue weighted by Gasteiger charge is -2.26. The number of nitrogens with zero attached hydrogens (tertiary/aromatic N) is 1. The first-order valence-electron chi connectivity index (χ1n) is 11.7. The van der Waals surface area contributed by atoms with E-state index in [4.69, 9.17) is 10.5 Å². The van der Waals surface area contributed by atoms with Gasteiger partial charge in [0, 0.05) is 18.4 Å². The smallest absolute Gasteiger partial charge is 0.291 e. The molecular weight excluding hydrogens is 448 g/mol. The van der Waals surface area contributed by atoms with E-state index in [0.29, 0.717) is 17.9 Å². The minimum Gasteiger partial charge on any atom is -0.497 e. The van der Waals surface area contributed by atoms with E-state index in [-0.39, 0.29) is 30.7 Å². The number of methoxy groups -OCH3 is 1. The van der Waals surface area contributed by atoms with Gasteiger partial charge >= 0.3 is 0 Å². The third kappa shape index (κ3) is 3.33. The van der Waals surface area contributed by atoms with Crippen molar-refractivity contribution in [2.45, 2.75) is 44.8 Å². The molecular formula is C26H29N4O5+. The number of carbonyl (C=O) groups excluding carboxylic acids is 4. The first kappa shape index (κ1) is 23.0. The molecule has 2 fully saturated rings. The number of ether oxygens (including phenoxy) is 1. The fourth-order valence-corrected chi connectivity index (χ4v) is 5.98. The molecule has 182 valence electrons. The summed E-state index contributed by atoms with van der Waals surface area (Å²) >= 11 is 0. The molecule has 0 aliphatic carbocycles. The van der Waals surface area contributed by atoms with Crippen molar-refractivity contribution in [3.05, 3.63) is 58.7 Å². The minimum absolute atomic E-state index is 0.0712. The summed E-state index contributed by atoms with van der Waals surface area (Å²) in [5.41, 5.74) is 8.30. The second kappa shape index (κ2) is 8.20. The van der Waals surface area contributed by atoms with Gasteiger partial charge in [-0.05, 0) is 48.7 Å². The average Bonchev–Trinajstić information content (AvgIpc) is 3.41. The number of nitrogens with one attached hydrogen (secondary N) is 1. The van der Waals surface area contributed by atoms with Crippen molar-refractivity contribution >= 4 is 29.3 Å². The van der Waals surface area contributed by atoms with E-state index < -0.39 is 29.3 Å². The summed E-state index contributed by atoms with van der Waals surface area (Å²) in [5, 5.41) is 4.83. The van der Waals surface area contributed by atoms with Crippen molar-refractivity contribution in [3.63, 3.8) is 0 Å². The molecule has 3 aliphatic heterocycles. The highest BCUT2D eigenvalue weighted by Crippen LogP contribution is 2.50. The lowest BCUT2D eigenvalue weighted by atomic mass is 9.76. The Kier molecular flexibility index (Phi) is 5.40. The van der Waals surface area contributed by atoms with Crippen LogP contribution in [0.5, 0.6) is 5.75 Å². The molecule has 9 heteroatoms. The van der Waals surface area contributed by atoms with Crippen LogP contribution in [0.25, 0.3) is 0 Å². The van der Waals surface area contributed by atoms with E-state index >= 15 is 0 Å². The molecule has 2 aromatic carbocycles. The van der Waals surface area contributed by atoms with E-state index in [0.717, 1.165) is 22.3 Å². The molecule has 2 aromatic rings. The van der Waals surface area contributed by atoms with Crippen molar-refractivity contribution in [3.8, 4) is 5.75 Å². The van der Waals surface area contributed by atoms with Gasteiger partial charge in [0.05, 0.1) is 19.3 Å². The number of rotatable bonds is 6. The van der Waals surface area contributed by atoms with Crippen LogP contribution in [0.4, 0.5) is 5.69 Å². The van der Waals surface area contributed by atoms with Gasteiger partial charge in [0.25, 0.3) is 5.91 Å². The van der Waals surface area contributed by atoms with Crippen LogP contribution in [-0.4, -0.2) is 41.7 Å². The second-order valence-electron chi connectivity index (χ2n) is 9.70. The Morgan fingerprint density at radius 1 is 1.11 bits per heavy atom. The minimum atomic E-state index is -1.26. The second-order valence-corrected chi connectivity index (χ2v) is 9.70. The number of anilines is 1. The van der Waals surface area contributed by atoms with E-state index in [2.05, 4.69) is 5.32 Å². The van der Waals surface area contributed by atoms with Crippen LogP contribution in [0.15, 0.2) is 36.4 Å². The van der Waals surface area contributed by atoms with Crippen molar-refractivity contribution in [2.24, 2.45) is 17.6 Å². The Bertz CT molecular complexity index is 1260. The van der Waals surface area contributed by atoms with Crippen LogP contribution in [0.2, 0.25) is 0 Å². The summed E-state index contributed by atoms with van der Waals surface area (Å²) in [5.74, 6) is -2.38. The number of hydrogen-bond donors (Lipinski definition) is 3. The quantitative estimate of drug-likeness (QED) is 0.520. The number of quaternary nitrogens is 1. The predicted molar refractivity (Wildman–Crippen MR) is 126 cm³/mol. The van der Waals surface area contributed by atoms with E-state index in [1.165, 1.54) is 4.90 Å². The van der Waals surface area contributed by atoms with Crippen LogP contribution >= 0.6 is 0 Å². The Morgan fingerprint density at radius 3 is 2.49 bits per heavy atom. The largest absolute Gasteiger partial charge is 0.497 e. The SMILES string of the molecule is COc1ccc(CN2C(=O)[C@H]3[C@@H](C2=O)[C@]2([NH2+][C@@H]3CCC(N)=O)C(=O)Nc3c2ccc(C)c3C)cc1. The highest BCUT2D eigenvalue weighted by atomic mass is 16.5. The lowest BCUT2D eigenvalue weighted by Crippen LogP contribution is -2.99. The number of fused-ring (bicyclic) bond motifs is 4. The number of hydrogen-bond acceptors (Lipinski definition) is 5. The summed E-state index contributed by atoms with van der Waals surface area (Å²) < 4.78 is 5.19. The first-order chi connectivity index (χ1) is 16.7. The number of aryl methyl sites for hydroxylation is 1. The fourth-order valence-electron chi connectivity index (χ4n) is 5.98. The Morgan fingerprint density at radius 2 is 1.83 bits per heavy atom. The Balaban J connectivity index is 1.57. The molecule has 3 aliphatic rings. The van der Waals surface area contributed by atoms with Crippen LogP contribution < -0.4 is 21.1 Å². The number of amides is 4. The highest BCUT2D eigenvalue weighted by Gasteiger charge is 2.74. The molecule has 0 unspecified atom stereocenters. The molecule has 0 aromatic heterocycles. The van der Waals surface area contributed by atoms with Crippen LogP contribution in [0.1, 0.15) is 35.1 Å². The van der Waals surface area contributed by atoms with Gasteiger partial charge in [-0.3, -0.25) is 24.1 Å². The number of primary amides is 1. The highest BCUT2D eigenvalue weighted by molar-refractivity contribution is 6.14. The summed E-state index contributed by atoms with van der Waals surface area (Å²) in [6.07, 6.45) is 0.378. The normalized spacial score (nSPS) is 26.8. The van der Waals surface area contributed by atoms with Crippen molar-refractivity contribution < 1.29 is 29.2 Å².